The molecule has 0 aromatic rings. The molecular weight excluding hydrogens is 212 g/mol. The predicted molar refractivity (Wildman–Crippen MR) is 71.0 cm³/mol. The third-order valence-corrected chi connectivity index (χ3v) is 2.02. The summed E-state index contributed by atoms with van der Waals surface area (Å²) in [7, 11) is 0. The van der Waals surface area contributed by atoms with Gasteiger partial charge >= 0.3 is 0 Å². The molecule has 2 nitrogen and oxygen atoms in total. The van der Waals surface area contributed by atoms with Gasteiger partial charge in [0.15, 0.2) is 0 Å². The van der Waals surface area contributed by atoms with E-state index >= 15 is 0 Å². The lowest BCUT2D eigenvalue weighted by molar-refractivity contribution is 0.280. The number of allylic oxidation sites excluding steroid dienone is 1. The quantitative estimate of drug-likeness (QED) is 0.418. The van der Waals surface area contributed by atoms with Gasteiger partial charge < -0.3 is 10.2 Å². The van der Waals surface area contributed by atoms with E-state index in [1.807, 2.05) is 6.08 Å². The van der Waals surface area contributed by atoms with Crippen LogP contribution in [-0.2, 0) is 0 Å². The van der Waals surface area contributed by atoms with Crippen molar-refractivity contribution in [3.05, 3.63) is 24.8 Å². The number of unbranched alkanes of at least 4 members (excludes halogenated alkanes) is 3. The maximum Gasteiger partial charge on any atom is 0.134 e. The lowest BCUT2D eigenvalue weighted by Crippen LogP contribution is -1.97. The molecule has 2 atom stereocenters. The Balaban J connectivity index is 3.91. The lowest BCUT2D eigenvalue weighted by atomic mass is 10.2. The fourth-order valence-corrected chi connectivity index (χ4v) is 1.06. The van der Waals surface area contributed by atoms with E-state index in [2.05, 4.69) is 37.2 Å². The first kappa shape index (κ1) is 15.5. The van der Waals surface area contributed by atoms with E-state index in [0.717, 1.165) is 12.8 Å². The van der Waals surface area contributed by atoms with E-state index in [1.165, 1.54) is 18.9 Å². The summed E-state index contributed by atoms with van der Waals surface area (Å²) >= 11 is 0. The second-order valence-corrected chi connectivity index (χ2v) is 3.59. The maximum absolute atomic E-state index is 9.42. The van der Waals surface area contributed by atoms with E-state index in [4.69, 9.17) is 5.11 Å². The summed E-state index contributed by atoms with van der Waals surface area (Å²) in [6, 6.07) is 0. The van der Waals surface area contributed by atoms with Crippen LogP contribution in [0.4, 0.5) is 0 Å². The molecule has 0 aliphatic heterocycles. The molecule has 92 valence electrons. The van der Waals surface area contributed by atoms with Crippen LogP contribution >= 0.6 is 0 Å². The second kappa shape index (κ2) is 11.0. The van der Waals surface area contributed by atoms with Crippen molar-refractivity contribution in [3.8, 4) is 23.7 Å². The first-order valence-electron chi connectivity index (χ1n) is 5.87. The number of rotatable bonds is 6. The Morgan fingerprint density at radius 1 is 1.12 bits per heavy atom. The average molecular weight is 232 g/mol. The molecule has 2 N–H and O–H groups in total. The summed E-state index contributed by atoms with van der Waals surface area (Å²) in [4.78, 5) is 0. The molecule has 0 aliphatic carbocycles. The summed E-state index contributed by atoms with van der Waals surface area (Å²) in [5.41, 5.74) is 0. The molecule has 0 saturated carbocycles. The van der Waals surface area contributed by atoms with Crippen molar-refractivity contribution in [1.82, 2.24) is 0 Å². The van der Waals surface area contributed by atoms with Crippen LogP contribution in [0.1, 0.15) is 32.6 Å². The highest BCUT2D eigenvalue weighted by Crippen LogP contribution is 2.00. The molecule has 0 aromatic heterocycles. The minimum atomic E-state index is -0.856. The van der Waals surface area contributed by atoms with E-state index in [0.29, 0.717) is 0 Å². The van der Waals surface area contributed by atoms with Gasteiger partial charge in [0.2, 0.25) is 0 Å². The maximum atomic E-state index is 9.42. The van der Waals surface area contributed by atoms with Gasteiger partial charge in [-0.3, -0.25) is 0 Å². The fraction of sp³-hybridized carbons (Fsp3) is 0.467. The van der Waals surface area contributed by atoms with Crippen molar-refractivity contribution in [2.75, 3.05) is 0 Å². The summed E-state index contributed by atoms with van der Waals surface area (Å²) in [5, 5.41) is 18.4. The topological polar surface area (TPSA) is 40.5 Å². The number of hydrogen-bond acceptors (Lipinski definition) is 2. The molecular formula is C15H20O2. The van der Waals surface area contributed by atoms with Gasteiger partial charge in [0.25, 0.3) is 0 Å². The Morgan fingerprint density at radius 3 is 2.35 bits per heavy atom. The molecule has 2 heteroatoms. The van der Waals surface area contributed by atoms with Crippen molar-refractivity contribution in [2.24, 2.45) is 0 Å². The van der Waals surface area contributed by atoms with Crippen LogP contribution < -0.4 is 0 Å². The SMILES string of the molecule is C=C[C@@H](O)C#CC#C[C@H](O)/C=C\CCCCC. The summed E-state index contributed by atoms with van der Waals surface area (Å²) in [5.74, 6) is 9.94. The third kappa shape index (κ3) is 10.8. The minimum Gasteiger partial charge on any atom is -0.377 e. The summed E-state index contributed by atoms with van der Waals surface area (Å²) in [6.07, 6.45) is 7.77. The zero-order valence-electron chi connectivity index (χ0n) is 10.3. The highest BCUT2D eigenvalue weighted by Gasteiger charge is 1.89. The first-order chi connectivity index (χ1) is 8.20. The fourth-order valence-electron chi connectivity index (χ4n) is 1.06. The Morgan fingerprint density at radius 2 is 1.76 bits per heavy atom. The lowest BCUT2D eigenvalue weighted by Gasteiger charge is -1.94. The molecule has 17 heavy (non-hydrogen) atoms. The molecule has 0 radical (unpaired) electrons. The molecule has 0 saturated heterocycles. The van der Waals surface area contributed by atoms with Crippen molar-refractivity contribution in [2.45, 2.75) is 44.8 Å². The van der Waals surface area contributed by atoms with E-state index < -0.39 is 12.2 Å². The van der Waals surface area contributed by atoms with Crippen molar-refractivity contribution in [3.63, 3.8) is 0 Å². The smallest absolute Gasteiger partial charge is 0.134 e. The van der Waals surface area contributed by atoms with Crippen molar-refractivity contribution < 1.29 is 10.2 Å². The zero-order chi connectivity index (χ0) is 12.9. The normalized spacial score (nSPS) is 13.1. The largest absolute Gasteiger partial charge is 0.377 e. The Bertz CT molecular complexity index is 347. The van der Waals surface area contributed by atoms with Gasteiger partial charge in [-0.1, -0.05) is 50.3 Å². The van der Waals surface area contributed by atoms with Crippen molar-refractivity contribution >= 4 is 0 Å². The summed E-state index contributed by atoms with van der Waals surface area (Å²) in [6.45, 7) is 5.53. The van der Waals surface area contributed by atoms with Gasteiger partial charge in [0, 0.05) is 0 Å². The molecule has 0 spiro atoms. The number of hydrogen-bond donors (Lipinski definition) is 2. The highest BCUT2D eigenvalue weighted by molar-refractivity contribution is 5.31. The van der Waals surface area contributed by atoms with Crippen LogP contribution in [-0.4, -0.2) is 22.4 Å². The van der Waals surface area contributed by atoms with Crippen LogP contribution in [0, 0.1) is 23.7 Å². The monoisotopic (exact) mass is 232 g/mol. The average Bonchev–Trinajstić information content (AvgIpc) is 2.34. The third-order valence-electron chi connectivity index (χ3n) is 2.02. The Hall–Kier alpha value is -1.48. The van der Waals surface area contributed by atoms with Gasteiger partial charge in [-0.15, -0.1) is 0 Å². The van der Waals surface area contributed by atoms with Crippen LogP contribution in [0.5, 0.6) is 0 Å². The molecule has 0 aliphatic rings. The van der Waals surface area contributed by atoms with Gasteiger partial charge in [0.1, 0.15) is 12.2 Å². The Labute approximate surface area is 104 Å². The van der Waals surface area contributed by atoms with Crippen LogP contribution in [0.15, 0.2) is 24.8 Å². The van der Waals surface area contributed by atoms with Gasteiger partial charge in [-0.05, 0) is 30.8 Å². The molecule has 0 rings (SSSR count). The first-order valence-corrected chi connectivity index (χ1v) is 5.87. The highest BCUT2D eigenvalue weighted by atomic mass is 16.3. The standard InChI is InChI=1S/C15H20O2/c1-3-5-6-7-8-12-15(17)13-10-9-11-14(16)4-2/h4,8,12,14-17H,2-3,5-7H2,1H3/b12-8-/t14-,15-/m1/s1. The minimum absolute atomic E-state index is 0.785. The number of aliphatic hydroxyl groups is 2. The van der Waals surface area contributed by atoms with Crippen molar-refractivity contribution in [1.29, 1.82) is 0 Å². The van der Waals surface area contributed by atoms with Crippen LogP contribution in [0.2, 0.25) is 0 Å². The second-order valence-electron chi connectivity index (χ2n) is 3.59. The van der Waals surface area contributed by atoms with E-state index in [9.17, 15) is 5.11 Å². The van der Waals surface area contributed by atoms with Crippen LogP contribution in [0.3, 0.4) is 0 Å². The zero-order valence-corrected chi connectivity index (χ0v) is 10.3. The molecule has 0 unspecified atom stereocenters. The molecule has 0 bridgehead atoms. The summed E-state index contributed by atoms with van der Waals surface area (Å²) < 4.78 is 0. The van der Waals surface area contributed by atoms with Gasteiger partial charge in [-0.2, -0.15) is 0 Å². The molecule has 0 aromatic carbocycles. The van der Waals surface area contributed by atoms with Gasteiger partial charge in [0.05, 0.1) is 0 Å². The molecule has 0 heterocycles. The van der Waals surface area contributed by atoms with E-state index in [1.54, 1.807) is 6.08 Å². The molecule has 0 fully saturated rings. The predicted octanol–water partition coefficient (Wildman–Crippen LogP) is 2.04. The van der Waals surface area contributed by atoms with Gasteiger partial charge in [-0.25, -0.2) is 0 Å². The Kier molecular flexibility index (Phi) is 10.1. The molecule has 0 amide bonds. The number of aliphatic hydroxyl groups excluding tert-OH is 2. The van der Waals surface area contributed by atoms with Crippen LogP contribution in [0.25, 0.3) is 0 Å². The van der Waals surface area contributed by atoms with E-state index in [-0.39, 0.29) is 0 Å².